The summed E-state index contributed by atoms with van der Waals surface area (Å²) in [6, 6.07) is 7.91. The molecule has 1 N–H and O–H groups in total. The lowest BCUT2D eigenvalue weighted by Crippen LogP contribution is -2.29. The van der Waals surface area contributed by atoms with Gasteiger partial charge in [-0.25, -0.2) is 9.78 Å². The van der Waals surface area contributed by atoms with Gasteiger partial charge in [-0.15, -0.1) is 0 Å². The zero-order valence-electron chi connectivity index (χ0n) is 15.7. The second-order valence-electron chi connectivity index (χ2n) is 5.93. The van der Waals surface area contributed by atoms with Crippen LogP contribution < -0.4 is 10.9 Å². The molecule has 27 heavy (non-hydrogen) atoms. The summed E-state index contributed by atoms with van der Waals surface area (Å²) in [5, 5.41) is 3.18. The molecule has 2 aromatic rings. The lowest BCUT2D eigenvalue weighted by atomic mass is 10.2. The molecule has 2 rings (SSSR count). The summed E-state index contributed by atoms with van der Waals surface area (Å²) in [6.45, 7) is 3.96. The van der Waals surface area contributed by atoms with Crippen molar-refractivity contribution in [2.24, 2.45) is 0 Å². The molecule has 0 aliphatic rings. The third-order valence-electron chi connectivity index (χ3n) is 3.70. The van der Waals surface area contributed by atoms with Gasteiger partial charge in [0.1, 0.15) is 6.54 Å². The second-order valence-corrected chi connectivity index (χ2v) is 6.70. The van der Waals surface area contributed by atoms with Gasteiger partial charge in [-0.05, 0) is 37.8 Å². The number of anilines is 1. The van der Waals surface area contributed by atoms with Crippen LogP contribution in [-0.4, -0.2) is 34.3 Å². The van der Waals surface area contributed by atoms with E-state index in [2.05, 4.69) is 10.3 Å². The predicted octanol–water partition coefficient (Wildman–Crippen LogP) is 2.87. The average Bonchev–Trinajstić information content (AvgIpc) is 2.64. The van der Waals surface area contributed by atoms with E-state index in [1.54, 1.807) is 37.4 Å². The fraction of sp³-hybridized carbons (Fsp3) is 0.368. The van der Waals surface area contributed by atoms with E-state index in [0.29, 0.717) is 28.7 Å². The number of unbranched alkanes of at least 4 members (excludes halogenated alkanes) is 1. The molecule has 1 amide bonds. The van der Waals surface area contributed by atoms with Crippen molar-refractivity contribution in [3.63, 3.8) is 0 Å². The molecule has 0 aliphatic heterocycles. The van der Waals surface area contributed by atoms with Crippen LogP contribution in [0.4, 0.5) is 5.69 Å². The van der Waals surface area contributed by atoms with Crippen LogP contribution in [0.5, 0.6) is 0 Å². The molecule has 1 heterocycles. The lowest BCUT2D eigenvalue weighted by Gasteiger charge is -2.11. The van der Waals surface area contributed by atoms with Crippen molar-refractivity contribution in [1.82, 2.24) is 9.55 Å². The van der Waals surface area contributed by atoms with Crippen molar-refractivity contribution in [2.75, 3.05) is 18.2 Å². The number of amides is 1. The maximum Gasteiger partial charge on any atom is 0.338 e. The molecule has 0 saturated heterocycles. The molecule has 0 bridgehead atoms. The first-order valence-corrected chi connectivity index (χ1v) is 9.86. The number of thioether (sulfide) groups is 1. The highest BCUT2D eigenvalue weighted by atomic mass is 32.2. The highest BCUT2D eigenvalue weighted by Gasteiger charge is 2.12. The molecule has 0 saturated carbocycles. The first-order valence-electron chi connectivity index (χ1n) is 8.64. The molecule has 0 fully saturated rings. The molecule has 0 atom stereocenters. The Balaban J connectivity index is 2.08. The van der Waals surface area contributed by atoms with Gasteiger partial charge in [0.2, 0.25) is 5.91 Å². The van der Waals surface area contributed by atoms with Crippen LogP contribution >= 0.6 is 11.8 Å². The highest BCUT2D eigenvalue weighted by molar-refractivity contribution is 7.98. The third-order valence-corrected chi connectivity index (χ3v) is 4.38. The first kappa shape index (κ1) is 20.7. The Labute approximate surface area is 162 Å². The molecular formula is C19H23N3O4S. The van der Waals surface area contributed by atoms with Crippen molar-refractivity contribution in [1.29, 1.82) is 0 Å². The van der Waals surface area contributed by atoms with E-state index in [0.717, 1.165) is 12.8 Å². The van der Waals surface area contributed by atoms with Crippen LogP contribution in [0.1, 0.15) is 35.8 Å². The number of nitrogens with one attached hydrogen (secondary N) is 1. The van der Waals surface area contributed by atoms with Crippen LogP contribution in [0.2, 0.25) is 0 Å². The number of esters is 1. The van der Waals surface area contributed by atoms with E-state index in [-0.39, 0.29) is 18.0 Å². The number of aryl methyl sites for hydroxylation is 1. The van der Waals surface area contributed by atoms with Crippen LogP contribution in [-0.2, 0) is 16.1 Å². The summed E-state index contributed by atoms with van der Waals surface area (Å²) >= 11 is 1.30. The van der Waals surface area contributed by atoms with Gasteiger partial charge < -0.3 is 10.1 Å². The fourth-order valence-corrected chi connectivity index (χ4v) is 2.97. The van der Waals surface area contributed by atoms with Gasteiger partial charge in [-0.2, -0.15) is 0 Å². The molecule has 0 aliphatic carbocycles. The summed E-state index contributed by atoms with van der Waals surface area (Å²) in [5.41, 5.74) is 1.15. The second kappa shape index (κ2) is 9.91. The Kier molecular flexibility index (Phi) is 7.60. The molecule has 0 spiro atoms. The van der Waals surface area contributed by atoms with Crippen molar-refractivity contribution < 1.29 is 14.3 Å². The standard InChI is InChI=1S/C19H23N3O4S/c1-4-5-9-26-18(25)14-7-6-8-15(11-14)21-16(23)12-22-17(24)10-13(2)20-19(22)27-3/h6-8,10-11H,4-5,9,12H2,1-3H3,(H,21,23). The van der Waals surface area contributed by atoms with Crippen molar-refractivity contribution >= 4 is 29.3 Å². The van der Waals surface area contributed by atoms with Gasteiger partial charge in [-0.1, -0.05) is 31.2 Å². The molecule has 7 nitrogen and oxygen atoms in total. The SMILES string of the molecule is CCCCOC(=O)c1cccc(NC(=O)Cn2c(SC)nc(C)cc2=O)c1. The Bertz CT molecular complexity index is 879. The Hall–Kier alpha value is -2.61. The molecule has 1 aromatic carbocycles. The zero-order chi connectivity index (χ0) is 19.8. The van der Waals surface area contributed by atoms with E-state index in [9.17, 15) is 14.4 Å². The minimum Gasteiger partial charge on any atom is -0.462 e. The van der Waals surface area contributed by atoms with Gasteiger partial charge in [-0.3, -0.25) is 14.2 Å². The molecule has 8 heteroatoms. The molecular weight excluding hydrogens is 366 g/mol. The minimum absolute atomic E-state index is 0.159. The number of benzene rings is 1. The molecule has 0 radical (unpaired) electrons. The summed E-state index contributed by atoms with van der Waals surface area (Å²) in [7, 11) is 0. The number of nitrogens with zero attached hydrogens (tertiary/aromatic N) is 2. The number of carbonyl (C=O) groups excluding carboxylic acids is 2. The highest BCUT2D eigenvalue weighted by Crippen LogP contribution is 2.13. The first-order chi connectivity index (χ1) is 12.9. The van der Waals surface area contributed by atoms with Gasteiger partial charge in [0.05, 0.1) is 12.2 Å². The van der Waals surface area contributed by atoms with E-state index < -0.39 is 5.97 Å². The summed E-state index contributed by atoms with van der Waals surface area (Å²) in [6.07, 6.45) is 3.54. The number of rotatable bonds is 8. The maximum atomic E-state index is 12.4. The Morgan fingerprint density at radius 3 is 2.78 bits per heavy atom. The quantitative estimate of drug-likeness (QED) is 0.323. The summed E-state index contributed by atoms with van der Waals surface area (Å²) < 4.78 is 6.49. The summed E-state index contributed by atoms with van der Waals surface area (Å²) in [4.78, 5) is 40.8. The van der Waals surface area contributed by atoms with Gasteiger partial charge in [0.25, 0.3) is 5.56 Å². The normalized spacial score (nSPS) is 10.5. The predicted molar refractivity (Wildman–Crippen MR) is 105 cm³/mol. The van der Waals surface area contributed by atoms with Crippen LogP contribution in [0.15, 0.2) is 40.3 Å². The minimum atomic E-state index is -0.428. The van der Waals surface area contributed by atoms with E-state index in [4.69, 9.17) is 4.74 Å². The number of hydrogen-bond acceptors (Lipinski definition) is 6. The topological polar surface area (TPSA) is 90.3 Å². The number of hydrogen-bond donors (Lipinski definition) is 1. The number of aromatic nitrogens is 2. The Morgan fingerprint density at radius 2 is 2.07 bits per heavy atom. The van der Waals surface area contributed by atoms with Gasteiger partial charge in [0.15, 0.2) is 5.16 Å². The van der Waals surface area contributed by atoms with Gasteiger partial charge >= 0.3 is 5.97 Å². The van der Waals surface area contributed by atoms with E-state index in [1.807, 2.05) is 6.92 Å². The Morgan fingerprint density at radius 1 is 1.30 bits per heavy atom. The van der Waals surface area contributed by atoms with Crippen LogP contribution in [0, 0.1) is 6.92 Å². The smallest absolute Gasteiger partial charge is 0.338 e. The molecule has 1 aromatic heterocycles. The van der Waals surface area contributed by atoms with Crippen LogP contribution in [0.3, 0.4) is 0 Å². The van der Waals surface area contributed by atoms with Crippen LogP contribution in [0.25, 0.3) is 0 Å². The lowest BCUT2D eigenvalue weighted by molar-refractivity contribution is -0.116. The van der Waals surface area contributed by atoms with Gasteiger partial charge in [0, 0.05) is 17.4 Å². The van der Waals surface area contributed by atoms with E-state index >= 15 is 0 Å². The average molecular weight is 389 g/mol. The largest absolute Gasteiger partial charge is 0.462 e. The zero-order valence-corrected chi connectivity index (χ0v) is 16.5. The monoisotopic (exact) mass is 389 g/mol. The number of carbonyl (C=O) groups is 2. The molecule has 0 unspecified atom stereocenters. The van der Waals surface area contributed by atoms with Crippen molar-refractivity contribution in [3.05, 3.63) is 51.9 Å². The summed E-state index contributed by atoms with van der Waals surface area (Å²) in [5.74, 6) is -0.808. The third kappa shape index (κ3) is 5.96. The fourth-order valence-electron chi connectivity index (χ4n) is 2.36. The van der Waals surface area contributed by atoms with Crippen molar-refractivity contribution in [3.8, 4) is 0 Å². The van der Waals surface area contributed by atoms with E-state index in [1.165, 1.54) is 22.4 Å². The number of ether oxygens (including phenoxy) is 1. The van der Waals surface area contributed by atoms with Crippen molar-refractivity contribution in [2.45, 2.75) is 38.4 Å². The maximum absolute atomic E-state index is 12.4. The molecule has 144 valence electrons.